The molecule has 4 atom stereocenters. The Hall–Kier alpha value is -1.60. The van der Waals surface area contributed by atoms with Gasteiger partial charge in [-0.15, -0.1) is 0 Å². The number of anilines is 1. The third-order valence-electron chi connectivity index (χ3n) is 6.41. The molecule has 0 radical (unpaired) electrons. The Kier molecular flexibility index (Phi) is 5.16. The number of rotatable bonds is 3. The molecule has 2 N–H and O–H groups in total. The lowest BCUT2D eigenvalue weighted by atomic mass is 9.76. The molecule has 0 spiro atoms. The van der Waals surface area contributed by atoms with E-state index in [2.05, 4.69) is 70.9 Å². The van der Waals surface area contributed by atoms with Gasteiger partial charge in [0.25, 0.3) is 0 Å². The molecule has 4 rings (SSSR count). The van der Waals surface area contributed by atoms with Crippen LogP contribution in [0.2, 0.25) is 0 Å². The molecular formula is C22H25IN2O2. The third kappa shape index (κ3) is 3.36. The van der Waals surface area contributed by atoms with E-state index in [1.54, 1.807) is 0 Å². The number of nitrogen functional groups attached to an aromatic ring is 1. The van der Waals surface area contributed by atoms with E-state index >= 15 is 0 Å². The monoisotopic (exact) mass is 476 g/mol. The van der Waals surface area contributed by atoms with Crippen molar-refractivity contribution in [1.82, 2.24) is 4.90 Å². The molecule has 2 heterocycles. The highest BCUT2D eigenvalue weighted by Gasteiger charge is 2.49. The van der Waals surface area contributed by atoms with Crippen molar-refractivity contribution >= 4 is 34.2 Å². The van der Waals surface area contributed by atoms with Gasteiger partial charge in [0.1, 0.15) is 0 Å². The minimum atomic E-state index is -0.0814. The van der Waals surface area contributed by atoms with Crippen molar-refractivity contribution in [3.63, 3.8) is 0 Å². The topological polar surface area (TPSA) is 55.6 Å². The van der Waals surface area contributed by atoms with Gasteiger partial charge < -0.3 is 10.5 Å². The zero-order valence-corrected chi connectivity index (χ0v) is 17.8. The summed E-state index contributed by atoms with van der Waals surface area (Å²) >= 11 is 2.26. The number of benzene rings is 2. The number of esters is 1. The number of fused-ring (bicyclic) bond motifs is 2. The molecule has 2 aliphatic heterocycles. The first kappa shape index (κ1) is 18.7. The Morgan fingerprint density at radius 1 is 1.15 bits per heavy atom. The number of nitrogens with two attached hydrogens (primary N) is 1. The molecule has 0 aliphatic carbocycles. The highest BCUT2D eigenvalue weighted by atomic mass is 127. The molecule has 2 aliphatic rings. The second kappa shape index (κ2) is 7.43. The maximum Gasteiger partial charge on any atom is 0.310 e. The predicted molar refractivity (Wildman–Crippen MR) is 116 cm³/mol. The lowest BCUT2D eigenvalue weighted by Crippen LogP contribution is -2.49. The van der Waals surface area contributed by atoms with Crippen molar-refractivity contribution in [2.24, 2.45) is 5.92 Å². The Morgan fingerprint density at radius 2 is 1.85 bits per heavy atom. The molecule has 2 saturated heterocycles. The Balaban J connectivity index is 1.64. The average molecular weight is 476 g/mol. The maximum absolute atomic E-state index is 12.6. The van der Waals surface area contributed by atoms with Crippen molar-refractivity contribution in [1.29, 1.82) is 0 Å². The van der Waals surface area contributed by atoms with E-state index in [0.717, 1.165) is 27.7 Å². The first-order valence-electron chi connectivity index (χ1n) is 9.44. The fourth-order valence-electron chi connectivity index (χ4n) is 4.90. The predicted octanol–water partition coefficient (Wildman–Crippen LogP) is 4.28. The molecular weight excluding hydrogens is 451 g/mol. The van der Waals surface area contributed by atoms with Crippen molar-refractivity contribution in [2.45, 2.75) is 37.3 Å². The first-order chi connectivity index (χ1) is 13.0. The third-order valence-corrected chi connectivity index (χ3v) is 7.35. The van der Waals surface area contributed by atoms with Crippen LogP contribution in [0, 0.1) is 9.49 Å². The quantitative estimate of drug-likeness (QED) is 0.408. The molecule has 2 fully saturated rings. The van der Waals surface area contributed by atoms with Crippen LogP contribution in [-0.2, 0) is 9.53 Å². The summed E-state index contributed by atoms with van der Waals surface area (Å²) in [6.07, 6.45) is 3.28. The number of methoxy groups -OCH3 is 1. The molecule has 0 unspecified atom stereocenters. The molecule has 2 aromatic rings. The van der Waals surface area contributed by atoms with Crippen LogP contribution in [0.1, 0.15) is 30.7 Å². The molecule has 5 heteroatoms. The fraction of sp³-hybridized carbons (Fsp3) is 0.409. The minimum Gasteiger partial charge on any atom is -0.469 e. The number of hydrogen-bond acceptors (Lipinski definition) is 4. The normalized spacial score (nSPS) is 27.5. The molecule has 2 bridgehead atoms. The zero-order chi connectivity index (χ0) is 19.1. The maximum atomic E-state index is 12.6. The van der Waals surface area contributed by atoms with Crippen LogP contribution >= 0.6 is 22.6 Å². The van der Waals surface area contributed by atoms with Gasteiger partial charge in [0, 0.05) is 27.3 Å². The summed E-state index contributed by atoms with van der Waals surface area (Å²) in [4.78, 5) is 15.0. The van der Waals surface area contributed by atoms with Crippen molar-refractivity contribution in [3.8, 4) is 11.1 Å². The molecule has 0 saturated carbocycles. The Morgan fingerprint density at radius 3 is 2.52 bits per heavy atom. The summed E-state index contributed by atoms with van der Waals surface area (Å²) in [5.41, 5.74) is 10.3. The van der Waals surface area contributed by atoms with Crippen LogP contribution in [0.5, 0.6) is 0 Å². The molecule has 0 amide bonds. The van der Waals surface area contributed by atoms with E-state index in [1.165, 1.54) is 24.7 Å². The van der Waals surface area contributed by atoms with Crippen LogP contribution in [0.4, 0.5) is 5.69 Å². The standard InChI is InChI=1S/C22H25IN2O2/c1-25-16-8-10-20(25)21(22(26)27-2)17(12-16)14-5-3-13(4-6-14)15-7-9-19(24)18(23)11-15/h3-7,9,11,16-17,20-21H,8,10,12,24H2,1-2H3/t16-,17+,20+,21-/m0/s1. The molecule has 2 aromatic carbocycles. The summed E-state index contributed by atoms with van der Waals surface area (Å²) in [5.74, 6) is 0.0724. The van der Waals surface area contributed by atoms with Crippen molar-refractivity contribution < 1.29 is 9.53 Å². The van der Waals surface area contributed by atoms with Gasteiger partial charge in [-0.2, -0.15) is 0 Å². The van der Waals surface area contributed by atoms with Gasteiger partial charge >= 0.3 is 5.97 Å². The van der Waals surface area contributed by atoms with E-state index < -0.39 is 0 Å². The van der Waals surface area contributed by atoms with Crippen molar-refractivity contribution in [3.05, 3.63) is 51.6 Å². The van der Waals surface area contributed by atoms with E-state index in [0.29, 0.717) is 12.1 Å². The average Bonchev–Trinajstić information content (AvgIpc) is 2.91. The number of ether oxygens (including phenoxy) is 1. The van der Waals surface area contributed by atoms with E-state index in [1.807, 2.05) is 6.07 Å². The number of halogens is 1. The van der Waals surface area contributed by atoms with E-state index in [-0.39, 0.29) is 17.8 Å². The molecule has 0 aromatic heterocycles. The summed E-state index contributed by atoms with van der Waals surface area (Å²) in [7, 11) is 3.66. The molecule has 27 heavy (non-hydrogen) atoms. The van der Waals surface area contributed by atoms with Crippen LogP contribution in [0.25, 0.3) is 11.1 Å². The van der Waals surface area contributed by atoms with Gasteiger partial charge in [-0.05, 0) is 77.7 Å². The number of carbonyl (C=O) groups is 1. The van der Waals surface area contributed by atoms with Gasteiger partial charge in [0.2, 0.25) is 0 Å². The highest BCUT2D eigenvalue weighted by Crippen LogP contribution is 2.46. The molecule has 4 nitrogen and oxygen atoms in total. The lowest BCUT2D eigenvalue weighted by Gasteiger charge is -2.41. The van der Waals surface area contributed by atoms with E-state index in [9.17, 15) is 4.79 Å². The van der Waals surface area contributed by atoms with Gasteiger partial charge in [-0.3, -0.25) is 9.69 Å². The smallest absolute Gasteiger partial charge is 0.310 e. The summed E-state index contributed by atoms with van der Waals surface area (Å²) in [6, 6.07) is 15.7. The van der Waals surface area contributed by atoms with Gasteiger partial charge in [0.05, 0.1) is 13.0 Å². The van der Waals surface area contributed by atoms with Gasteiger partial charge in [0.15, 0.2) is 0 Å². The second-order valence-corrected chi connectivity index (χ2v) is 8.88. The van der Waals surface area contributed by atoms with Crippen LogP contribution in [-0.4, -0.2) is 37.1 Å². The first-order valence-corrected chi connectivity index (χ1v) is 10.5. The summed E-state index contributed by atoms with van der Waals surface area (Å²) in [6.45, 7) is 0. The number of nitrogens with zero attached hydrogens (tertiary/aromatic N) is 1. The van der Waals surface area contributed by atoms with Gasteiger partial charge in [-0.25, -0.2) is 0 Å². The second-order valence-electron chi connectivity index (χ2n) is 7.71. The number of hydrogen-bond donors (Lipinski definition) is 1. The summed E-state index contributed by atoms with van der Waals surface area (Å²) in [5, 5.41) is 0. The van der Waals surface area contributed by atoms with Crippen LogP contribution < -0.4 is 5.73 Å². The van der Waals surface area contributed by atoms with Crippen LogP contribution in [0.15, 0.2) is 42.5 Å². The van der Waals surface area contributed by atoms with Crippen LogP contribution in [0.3, 0.4) is 0 Å². The Labute approximate surface area is 174 Å². The van der Waals surface area contributed by atoms with Crippen molar-refractivity contribution in [2.75, 3.05) is 19.9 Å². The summed E-state index contributed by atoms with van der Waals surface area (Å²) < 4.78 is 6.24. The fourth-order valence-corrected chi connectivity index (χ4v) is 5.41. The SMILES string of the molecule is COC(=O)[C@H]1[C@@H](c2ccc(-c3ccc(N)c(I)c3)cc2)C[C@@H]2CC[C@H]1N2C. The number of carbonyl (C=O) groups excluding carboxylic acids is 1. The minimum absolute atomic E-state index is 0.0747. The van der Waals surface area contributed by atoms with Gasteiger partial charge in [-0.1, -0.05) is 30.3 Å². The lowest BCUT2D eigenvalue weighted by molar-refractivity contribution is -0.150. The Bertz CT molecular complexity index is 852. The largest absolute Gasteiger partial charge is 0.469 e. The number of piperidine rings is 1. The van der Waals surface area contributed by atoms with E-state index in [4.69, 9.17) is 10.5 Å². The highest BCUT2D eigenvalue weighted by molar-refractivity contribution is 14.1. The molecule has 142 valence electrons. The zero-order valence-electron chi connectivity index (χ0n) is 15.7.